The van der Waals surface area contributed by atoms with Crippen molar-refractivity contribution in [2.75, 3.05) is 57.1 Å². The van der Waals surface area contributed by atoms with E-state index in [4.69, 9.17) is 9.98 Å². The molecule has 0 N–H and O–H groups in total. The van der Waals surface area contributed by atoms with Gasteiger partial charge in [-0.15, -0.1) is 0 Å². The molecule has 3 aliphatic rings. The molecule has 0 spiro atoms. The minimum atomic E-state index is 0.806. The third kappa shape index (κ3) is 3.88. The van der Waals surface area contributed by atoms with E-state index in [2.05, 4.69) is 69.2 Å². The van der Waals surface area contributed by atoms with Gasteiger partial charge >= 0.3 is 0 Å². The molecule has 0 radical (unpaired) electrons. The lowest BCUT2D eigenvalue weighted by molar-refractivity contribution is 0.313. The highest BCUT2D eigenvalue weighted by Gasteiger charge is 2.22. The number of hydrogen-bond acceptors (Lipinski definition) is 6. The van der Waals surface area contributed by atoms with Crippen LogP contribution in [0.15, 0.2) is 64.7 Å². The number of aromatic nitrogens is 1. The Morgan fingerprint density at radius 2 is 1.47 bits per heavy atom. The van der Waals surface area contributed by atoms with Crippen LogP contribution in [-0.2, 0) is 12.8 Å². The number of nitrogens with zero attached hydrogens (tertiary/aromatic N) is 6. The number of fused-ring (bicyclic) bond motifs is 2. The van der Waals surface area contributed by atoms with Gasteiger partial charge in [-0.2, -0.15) is 0 Å². The van der Waals surface area contributed by atoms with Gasteiger partial charge in [0.05, 0.1) is 28.5 Å². The fraction of sp³-hybridized carbons (Fsp3) is 0.321. The molecule has 6 heteroatoms. The number of rotatable bonds is 4. The predicted octanol–water partition coefficient (Wildman–Crippen LogP) is 4.25. The van der Waals surface area contributed by atoms with Crippen molar-refractivity contribution < 1.29 is 0 Å². The normalized spacial score (nSPS) is 17.3. The number of aliphatic imine (C=N–C) groups is 2. The summed E-state index contributed by atoms with van der Waals surface area (Å²) in [7, 11) is 6.29. The quantitative estimate of drug-likeness (QED) is 0.596. The zero-order valence-electron chi connectivity index (χ0n) is 20.1. The van der Waals surface area contributed by atoms with Gasteiger partial charge < -0.3 is 14.7 Å². The zero-order valence-corrected chi connectivity index (χ0v) is 20.1. The van der Waals surface area contributed by atoms with Crippen molar-refractivity contribution >= 4 is 34.2 Å². The van der Waals surface area contributed by atoms with E-state index in [0.29, 0.717) is 0 Å². The molecule has 172 valence electrons. The highest BCUT2D eigenvalue weighted by molar-refractivity contribution is 6.09. The highest BCUT2D eigenvalue weighted by atomic mass is 15.2. The standard InChI is InChI=1S/C28H30N6/c1-32(2)22-8-9-29-27(18-22)28-17-20-14-19(4-6-24(20)31-28)26-16-21-15-23(5-7-25(21)30-26)34-12-10-33(3)11-13-34/h4-9,14-15,18H,10-13,16-17H2,1-3H3. The molecule has 0 atom stereocenters. The lowest BCUT2D eigenvalue weighted by Gasteiger charge is -2.34. The maximum Gasteiger partial charge on any atom is 0.0868 e. The van der Waals surface area contributed by atoms with Crippen molar-refractivity contribution in [2.45, 2.75) is 12.8 Å². The van der Waals surface area contributed by atoms with Gasteiger partial charge in [0.1, 0.15) is 0 Å². The summed E-state index contributed by atoms with van der Waals surface area (Å²) in [5.74, 6) is 0. The molecule has 1 aromatic heterocycles. The van der Waals surface area contributed by atoms with Crippen LogP contribution in [0.3, 0.4) is 0 Å². The van der Waals surface area contributed by atoms with Crippen LogP contribution >= 0.6 is 0 Å². The van der Waals surface area contributed by atoms with E-state index in [9.17, 15) is 0 Å². The summed E-state index contributed by atoms with van der Waals surface area (Å²) in [5, 5.41) is 0. The molecule has 6 rings (SSSR count). The predicted molar refractivity (Wildman–Crippen MR) is 141 cm³/mol. The van der Waals surface area contributed by atoms with Crippen molar-refractivity contribution in [1.82, 2.24) is 9.88 Å². The Hall–Kier alpha value is -3.51. The van der Waals surface area contributed by atoms with E-state index in [1.165, 1.54) is 22.4 Å². The molecule has 4 heterocycles. The molecule has 3 aliphatic heterocycles. The van der Waals surface area contributed by atoms with Crippen molar-refractivity contribution in [3.63, 3.8) is 0 Å². The maximum atomic E-state index is 4.99. The lowest BCUT2D eigenvalue weighted by Crippen LogP contribution is -2.44. The Labute approximate surface area is 201 Å². The molecular formula is C28H30N6. The van der Waals surface area contributed by atoms with Gasteiger partial charge in [-0.1, -0.05) is 6.07 Å². The number of likely N-dealkylation sites (N-methyl/N-ethyl adjacent to an activating group) is 1. The van der Waals surface area contributed by atoms with E-state index in [-0.39, 0.29) is 0 Å². The Morgan fingerprint density at radius 1 is 0.765 bits per heavy atom. The van der Waals surface area contributed by atoms with Crippen LogP contribution < -0.4 is 9.80 Å². The summed E-state index contributed by atoms with van der Waals surface area (Å²) >= 11 is 0. The fourth-order valence-corrected chi connectivity index (χ4v) is 5.00. The second kappa shape index (κ2) is 8.37. The van der Waals surface area contributed by atoms with Gasteiger partial charge in [-0.25, -0.2) is 0 Å². The zero-order chi connectivity index (χ0) is 23.2. The molecule has 6 nitrogen and oxygen atoms in total. The molecule has 3 aromatic rings. The van der Waals surface area contributed by atoms with E-state index in [0.717, 1.165) is 73.2 Å². The molecular weight excluding hydrogens is 420 g/mol. The minimum absolute atomic E-state index is 0.806. The first-order valence-corrected chi connectivity index (χ1v) is 12.0. The first-order valence-electron chi connectivity index (χ1n) is 12.0. The minimum Gasteiger partial charge on any atom is -0.378 e. The van der Waals surface area contributed by atoms with Crippen molar-refractivity contribution in [3.8, 4) is 0 Å². The average molecular weight is 451 g/mol. The van der Waals surface area contributed by atoms with Crippen LogP contribution in [0.2, 0.25) is 0 Å². The van der Waals surface area contributed by atoms with E-state index < -0.39 is 0 Å². The Kier molecular flexibility index (Phi) is 5.18. The summed E-state index contributed by atoms with van der Waals surface area (Å²) in [6.07, 6.45) is 3.55. The lowest BCUT2D eigenvalue weighted by atomic mass is 9.99. The van der Waals surface area contributed by atoms with E-state index in [1.54, 1.807) is 0 Å². The summed E-state index contributed by atoms with van der Waals surface area (Å²) in [4.78, 5) is 21.4. The summed E-state index contributed by atoms with van der Waals surface area (Å²) < 4.78 is 0. The van der Waals surface area contributed by atoms with Crippen LogP contribution in [0.25, 0.3) is 0 Å². The van der Waals surface area contributed by atoms with E-state index >= 15 is 0 Å². The second-order valence-corrected chi connectivity index (χ2v) is 9.71. The first kappa shape index (κ1) is 21.1. The number of anilines is 2. The van der Waals surface area contributed by atoms with Gasteiger partial charge in [-0.3, -0.25) is 15.0 Å². The molecule has 0 aliphatic carbocycles. The number of piperazine rings is 1. The summed E-state index contributed by atoms with van der Waals surface area (Å²) in [5.41, 5.74) is 11.5. The molecule has 0 amide bonds. The number of benzene rings is 2. The molecule has 1 fully saturated rings. The van der Waals surface area contributed by atoms with Gasteiger partial charge in [0.15, 0.2) is 0 Å². The van der Waals surface area contributed by atoms with Gasteiger partial charge in [0, 0.05) is 70.7 Å². The first-order chi connectivity index (χ1) is 16.5. The fourth-order valence-electron chi connectivity index (χ4n) is 5.00. The molecule has 0 bridgehead atoms. The van der Waals surface area contributed by atoms with Crippen LogP contribution in [0.5, 0.6) is 0 Å². The number of hydrogen-bond donors (Lipinski definition) is 0. The largest absolute Gasteiger partial charge is 0.378 e. The topological polar surface area (TPSA) is 47.3 Å². The van der Waals surface area contributed by atoms with Crippen molar-refractivity contribution in [3.05, 3.63) is 77.1 Å². The van der Waals surface area contributed by atoms with Crippen molar-refractivity contribution in [2.24, 2.45) is 9.98 Å². The molecule has 2 aromatic carbocycles. The second-order valence-electron chi connectivity index (χ2n) is 9.71. The maximum absolute atomic E-state index is 4.99. The average Bonchev–Trinajstić information content (AvgIpc) is 3.48. The SMILES string of the molecule is CN1CCN(c2ccc3c(c2)CC(c2ccc4c(c2)CC(c2cc(N(C)C)ccn2)=N4)=N3)CC1. The molecule has 34 heavy (non-hydrogen) atoms. The smallest absolute Gasteiger partial charge is 0.0868 e. The van der Waals surface area contributed by atoms with Crippen LogP contribution in [-0.4, -0.2) is 68.6 Å². The third-order valence-corrected chi connectivity index (χ3v) is 7.13. The van der Waals surface area contributed by atoms with Crippen LogP contribution in [0, 0.1) is 0 Å². The molecule has 0 unspecified atom stereocenters. The van der Waals surface area contributed by atoms with Gasteiger partial charge in [0.25, 0.3) is 0 Å². The Bertz CT molecular complexity index is 1310. The van der Waals surface area contributed by atoms with Crippen LogP contribution in [0.1, 0.15) is 22.4 Å². The summed E-state index contributed by atoms with van der Waals surface area (Å²) in [6.45, 7) is 4.41. The third-order valence-electron chi connectivity index (χ3n) is 7.13. The monoisotopic (exact) mass is 450 g/mol. The molecule has 0 saturated carbocycles. The van der Waals surface area contributed by atoms with Crippen molar-refractivity contribution in [1.29, 1.82) is 0 Å². The summed E-state index contributed by atoms with van der Waals surface area (Å²) in [6, 6.07) is 17.5. The van der Waals surface area contributed by atoms with Gasteiger partial charge in [-0.05, 0) is 66.2 Å². The Morgan fingerprint density at radius 3 is 2.26 bits per heavy atom. The van der Waals surface area contributed by atoms with Gasteiger partial charge in [0.2, 0.25) is 0 Å². The highest BCUT2D eigenvalue weighted by Crippen LogP contribution is 2.35. The Balaban J connectivity index is 1.19. The van der Waals surface area contributed by atoms with Crippen LogP contribution in [0.4, 0.5) is 22.7 Å². The van der Waals surface area contributed by atoms with E-state index in [1.807, 2.05) is 26.4 Å². The molecule has 1 saturated heterocycles. The number of pyridine rings is 1.